The van der Waals surface area contributed by atoms with Crippen molar-refractivity contribution >= 4 is 29.2 Å². The van der Waals surface area contributed by atoms with Gasteiger partial charge in [-0.3, -0.25) is 9.59 Å². The lowest BCUT2D eigenvalue weighted by atomic mass is 9.87. The summed E-state index contributed by atoms with van der Waals surface area (Å²) >= 11 is 0. The van der Waals surface area contributed by atoms with Crippen LogP contribution in [0.4, 0.5) is 11.4 Å². The van der Waals surface area contributed by atoms with Gasteiger partial charge in [0, 0.05) is 18.3 Å². The molecule has 160 valence electrons. The van der Waals surface area contributed by atoms with Crippen LogP contribution in [-0.2, 0) is 24.5 Å². The Morgan fingerprint density at radius 2 is 1.43 bits per heavy atom. The third kappa shape index (κ3) is 7.24. The second-order valence-corrected chi connectivity index (χ2v) is 7.95. The number of benzene rings is 2. The second kappa shape index (κ2) is 9.91. The van der Waals surface area contributed by atoms with Gasteiger partial charge in [-0.25, -0.2) is 4.79 Å². The van der Waals surface area contributed by atoms with Crippen molar-refractivity contribution in [1.82, 2.24) is 0 Å². The van der Waals surface area contributed by atoms with E-state index in [4.69, 9.17) is 9.47 Å². The third-order valence-corrected chi connectivity index (χ3v) is 4.20. The van der Waals surface area contributed by atoms with Crippen LogP contribution in [0.2, 0.25) is 0 Å². The number of rotatable bonds is 7. The number of nitrogens with one attached hydrogen (secondary N) is 2. The van der Waals surface area contributed by atoms with Crippen LogP contribution in [0.5, 0.6) is 5.75 Å². The zero-order chi connectivity index (χ0) is 22.3. The van der Waals surface area contributed by atoms with Gasteiger partial charge in [0.05, 0.1) is 0 Å². The third-order valence-electron chi connectivity index (χ3n) is 4.20. The topological polar surface area (TPSA) is 93.7 Å². The highest BCUT2D eigenvalue weighted by atomic mass is 16.6. The van der Waals surface area contributed by atoms with E-state index in [1.54, 1.807) is 31.2 Å². The van der Waals surface area contributed by atoms with E-state index in [0.717, 1.165) is 5.56 Å². The molecule has 1 atom stereocenters. The molecule has 2 amide bonds. The first-order valence-electron chi connectivity index (χ1n) is 9.66. The van der Waals surface area contributed by atoms with Gasteiger partial charge in [-0.05, 0) is 54.3 Å². The SMILES string of the molecule is CC(=O)Nc1ccc(NC(=O)COC(=O)[C@H](C)Oc2ccc(C(C)(C)C)cc2)cc1. The molecule has 0 unspecified atom stereocenters. The lowest BCUT2D eigenvalue weighted by Crippen LogP contribution is -2.29. The van der Waals surface area contributed by atoms with Gasteiger partial charge >= 0.3 is 5.97 Å². The van der Waals surface area contributed by atoms with Crippen molar-refractivity contribution in [2.45, 2.75) is 46.1 Å². The molecule has 0 saturated heterocycles. The Kier molecular flexibility index (Phi) is 7.58. The summed E-state index contributed by atoms with van der Waals surface area (Å²) < 4.78 is 10.6. The first kappa shape index (κ1) is 22.9. The predicted octanol–water partition coefficient (Wildman–Crippen LogP) is 3.89. The zero-order valence-electron chi connectivity index (χ0n) is 17.9. The largest absolute Gasteiger partial charge is 0.479 e. The molecule has 2 aromatic carbocycles. The molecule has 2 aromatic rings. The van der Waals surface area contributed by atoms with Crippen LogP contribution in [0.3, 0.4) is 0 Å². The normalized spacial score (nSPS) is 11.9. The summed E-state index contributed by atoms with van der Waals surface area (Å²) in [4.78, 5) is 35.1. The Bertz CT molecular complexity index is 883. The number of ether oxygens (including phenoxy) is 2. The minimum atomic E-state index is -0.852. The van der Waals surface area contributed by atoms with Gasteiger partial charge in [0.2, 0.25) is 5.91 Å². The Labute approximate surface area is 176 Å². The molecule has 0 aliphatic heterocycles. The summed E-state index contributed by atoms with van der Waals surface area (Å²) in [5.74, 6) is -0.736. The van der Waals surface area contributed by atoms with E-state index in [9.17, 15) is 14.4 Å². The molecule has 0 aliphatic rings. The first-order chi connectivity index (χ1) is 14.0. The number of carbonyl (C=O) groups excluding carboxylic acids is 3. The van der Waals surface area contributed by atoms with E-state index < -0.39 is 24.6 Å². The fourth-order valence-electron chi connectivity index (χ4n) is 2.58. The summed E-state index contributed by atoms with van der Waals surface area (Å²) in [5.41, 5.74) is 2.33. The van der Waals surface area contributed by atoms with E-state index in [2.05, 4.69) is 31.4 Å². The van der Waals surface area contributed by atoms with Gasteiger partial charge in [0.15, 0.2) is 12.7 Å². The average molecular weight is 412 g/mol. The zero-order valence-corrected chi connectivity index (χ0v) is 17.9. The molecule has 0 spiro atoms. The molecular weight excluding hydrogens is 384 g/mol. The predicted molar refractivity (Wildman–Crippen MR) is 116 cm³/mol. The summed E-state index contributed by atoms with van der Waals surface area (Å²) in [5, 5.41) is 5.25. The molecule has 0 radical (unpaired) electrons. The second-order valence-electron chi connectivity index (χ2n) is 7.95. The van der Waals surface area contributed by atoms with Gasteiger partial charge < -0.3 is 20.1 Å². The summed E-state index contributed by atoms with van der Waals surface area (Å²) in [6.07, 6.45) is -0.852. The highest BCUT2D eigenvalue weighted by molar-refractivity contribution is 5.94. The number of carbonyl (C=O) groups is 3. The molecule has 0 bridgehead atoms. The van der Waals surface area contributed by atoms with Gasteiger partial charge in [0.25, 0.3) is 5.91 Å². The number of hydrogen-bond acceptors (Lipinski definition) is 5. The van der Waals surface area contributed by atoms with Crippen molar-refractivity contribution in [1.29, 1.82) is 0 Å². The molecule has 2 N–H and O–H groups in total. The van der Waals surface area contributed by atoms with Crippen molar-refractivity contribution in [2.24, 2.45) is 0 Å². The van der Waals surface area contributed by atoms with E-state index in [1.807, 2.05) is 24.3 Å². The Morgan fingerprint density at radius 1 is 0.900 bits per heavy atom. The standard InChI is InChI=1S/C23H28N2O5/c1-15(30-20-12-6-17(7-13-20)23(3,4)5)22(28)29-14-21(27)25-19-10-8-18(9-11-19)24-16(2)26/h6-13,15H,14H2,1-5H3,(H,24,26)(H,25,27)/t15-/m0/s1. The van der Waals surface area contributed by atoms with E-state index in [0.29, 0.717) is 17.1 Å². The quantitative estimate of drug-likeness (QED) is 0.673. The Morgan fingerprint density at radius 3 is 1.93 bits per heavy atom. The fourth-order valence-corrected chi connectivity index (χ4v) is 2.58. The van der Waals surface area contributed by atoms with Crippen molar-refractivity contribution in [3.63, 3.8) is 0 Å². The Hall–Kier alpha value is -3.35. The molecule has 30 heavy (non-hydrogen) atoms. The van der Waals surface area contributed by atoms with Crippen LogP contribution in [0.25, 0.3) is 0 Å². The maximum atomic E-state index is 12.1. The summed E-state index contributed by atoms with van der Waals surface area (Å²) in [6, 6.07) is 14.1. The lowest BCUT2D eigenvalue weighted by molar-refractivity contribution is -0.153. The molecule has 7 nitrogen and oxygen atoms in total. The van der Waals surface area contributed by atoms with Crippen molar-refractivity contribution in [3.05, 3.63) is 54.1 Å². The number of anilines is 2. The van der Waals surface area contributed by atoms with E-state index in [1.165, 1.54) is 6.92 Å². The van der Waals surface area contributed by atoms with E-state index in [-0.39, 0.29) is 11.3 Å². The molecule has 0 aromatic heterocycles. The van der Waals surface area contributed by atoms with Crippen LogP contribution >= 0.6 is 0 Å². The maximum Gasteiger partial charge on any atom is 0.347 e. The number of esters is 1. The van der Waals surface area contributed by atoms with Gasteiger partial charge in [-0.2, -0.15) is 0 Å². The summed E-state index contributed by atoms with van der Waals surface area (Å²) in [7, 11) is 0. The molecule has 0 fully saturated rings. The molecule has 0 saturated carbocycles. The Balaban J connectivity index is 1.80. The number of amides is 2. The van der Waals surface area contributed by atoms with Gasteiger partial charge in [-0.1, -0.05) is 32.9 Å². The van der Waals surface area contributed by atoms with Gasteiger partial charge in [0.1, 0.15) is 5.75 Å². The van der Waals surface area contributed by atoms with Crippen LogP contribution in [0, 0.1) is 0 Å². The minimum Gasteiger partial charge on any atom is -0.479 e. The molecule has 2 rings (SSSR count). The minimum absolute atomic E-state index is 0.0285. The monoisotopic (exact) mass is 412 g/mol. The fraction of sp³-hybridized carbons (Fsp3) is 0.348. The lowest BCUT2D eigenvalue weighted by Gasteiger charge is -2.20. The maximum absolute atomic E-state index is 12.1. The van der Waals surface area contributed by atoms with Crippen molar-refractivity contribution in [3.8, 4) is 5.75 Å². The van der Waals surface area contributed by atoms with Crippen LogP contribution in [-0.4, -0.2) is 30.5 Å². The van der Waals surface area contributed by atoms with Gasteiger partial charge in [-0.15, -0.1) is 0 Å². The highest BCUT2D eigenvalue weighted by Crippen LogP contribution is 2.24. The molecule has 7 heteroatoms. The molecular formula is C23H28N2O5. The average Bonchev–Trinajstić information content (AvgIpc) is 2.67. The smallest absolute Gasteiger partial charge is 0.347 e. The first-order valence-corrected chi connectivity index (χ1v) is 9.66. The van der Waals surface area contributed by atoms with Crippen LogP contribution < -0.4 is 15.4 Å². The highest BCUT2D eigenvalue weighted by Gasteiger charge is 2.19. The summed E-state index contributed by atoms with van der Waals surface area (Å²) in [6.45, 7) is 8.90. The van der Waals surface area contributed by atoms with Crippen molar-refractivity contribution in [2.75, 3.05) is 17.2 Å². The van der Waals surface area contributed by atoms with E-state index >= 15 is 0 Å². The molecule has 0 aliphatic carbocycles. The number of hydrogen-bond donors (Lipinski definition) is 2. The molecule has 0 heterocycles. The van der Waals surface area contributed by atoms with Crippen LogP contribution in [0.15, 0.2) is 48.5 Å². The van der Waals surface area contributed by atoms with Crippen molar-refractivity contribution < 1.29 is 23.9 Å². The van der Waals surface area contributed by atoms with Crippen LogP contribution in [0.1, 0.15) is 40.2 Å².